The molecule has 0 aliphatic carbocycles. The lowest BCUT2D eigenvalue weighted by molar-refractivity contribution is -0.0595. The van der Waals surface area contributed by atoms with Crippen LogP contribution in [-0.4, -0.2) is 16.9 Å². The Balaban J connectivity index is 4.12. The van der Waals surface area contributed by atoms with E-state index in [9.17, 15) is 13.2 Å². The Morgan fingerprint density at radius 2 is 1.82 bits per heavy atom. The summed E-state index contributed by atoms with van der Waals surface area (Å²) in [5.74, 6) is 0. The maximum atomic E-state index is 11.7. The SMILES string of the molecule is CC(=S)N/N=C(/C)C(F)(F)F. The van der Waals surface area contributed by atoms with Gasteiger partial charge in [-0.05, 0) is 13.8 Å². The van der Waals surface area contributed by atoms with Gasteiger partial charge in [0.15, 0.2) is 0 Å². The summed E-state index contributed by atoms with van der Waals surface area (Å²) in [5.41, 5.74) is 1.11. The molecular weight excluding hydrogens is 177 g/mol. The molecule has 0 rings (SSSR count). The van der Waals surface area contributed by atoms with Gasteiger partial charge >= 0.3 is 6.18 Å². The molecule has 0 saturated heterocycles. The third-order valence-electron chi connectivity index (χ3n) is 0.791. The van der Waals surface area contributed by atoms with Crippen LogP contribution in [0.2, 0.25) is 0 Å². The van der Waals surface area contributed by atoms with Gasteiger partial charge in [-0.15, -0.1) is 0 Å². The minimum absolute atomic E-state index is 0.202. The minimum Gasteiger partial charge on any atom is -0.272 e. The van der Waals surface area contributed by atoms with Crippen LogP contribution in [0.15, 0.2) is 5.10 Å². The molecule has 2 nitrogen and oxygen atoms in total. The highest BCUT2D eigenvalue weighted by Gasteiger charge is 2.32. The van der Waals surface area contributed by atoms with E-state index in [0.29, 0.717) is 0 Å². The summed E-state index contributed by atoms with van der Waals surface area (Å²) >= 11 is 4.45. The Morgan fingerprint density at radius 3 is 2.09 bits per heavy atom. The first-order valence-electron chi connectivity index (χ1n) is 2.72. The summed E-state index contributed by atoms with van der Waals surface area (Å²) in [6, 6.07) is 0. The van der Waals surface area contributed by atoms with Crippen LogP contribution < -0.4 is 5.43 Å². The molecule has 0 atom stereocenters. The van der Waals surface area contributed by atoms with Crippen LogP contribution in [0.5, 0.6) is 0 Å². The highest BCUT2D eigenvalue weighted by atomic mass is 32.1. The fourth-order valence-corrected chi connectivity index (χ4v) is 0.272. The highest BCUT2D eigenvalue weighted by molar-refractivity contribution is 7.80. The molecule has 1 N–H and O–H groups in total. The molecule has 0 bridgehead atoms. The van der Waals surface area contributed by atoms with Crippen LogP contribution in [-0.2, 0) is 0 Å². The van der Waals surface area contributed by atoms with Gasteiger partial charge in [-0.25, -0.2) is 0 Å². The zero-order valence-corrected chi connectivity index (χ0v) is 6.81. The van der Waals surface area contributed by atoms with Crippen LogP contribution in [0.3, 0.4) is 0 Å². The first-order valence-corrected chi connectivity index (χ1v) is 3.13. The van der Waals surface area contributed by atoms with Gasteiger partial charge in [-0.2, -0.15) is 18.3 Å². The van der Waals surface area contributed by atoms with E-state index < -0.39 is 11.9 Å². The Hall–Kier alpha value is -0.650. The topological polar surface area (TPSA) is 24.4 Å². The second-order valence-electron chi connectivity index (χ2n) is 1.86. The average molecular weight is 184 g/mol. The van der Waals surface area contributed by atoms with Crippen molar-refractivity contribution in [2.75, 3.05) is 0 Å². The largest absolute Gasteiger partial charge is 0.430 e. The molecule has 64 valence electrons. The zero-order valence-electron chi connectivity index (χ0n) is 5.99. The van der Waals surface area contributed by atoms with Crippen LogP contribution in [0.4, 0.5) is 13.2 Å². The van der Waals surface area contributed by atoms with E-state index in [1.165, 1.54) is 6.92 Å². The van der Waals surface area contributed by atoms with Gasteiger partial charge in [0.2, 0.25) is 0 Å². The normalized spacial score (nSPS) is 13.0. The van der Waals surface area contributed by atoms with Crippen molar-refractivity contribution in [3.8, 4) is 0 Å². The van der Waals surface area contributed by atoms with Crippen molar-refractivity contribution in [2.45, 2.75) is 20.0 Å². The van der Waals surface area contributed by atoms with Crippen molar-refractivity contribution >= 4 is 22.9 Å². The Morgan fingerprint density at radius 1 is 1.36 bits per heavy atom. The Bertz CT molecular complexity index is 185. The molecule has 0 aliphatic rings. The molecule has 0 amide bonds. The van der Waals surface area contributed by atoms with E-state index in [0.717, 1.165) is 6.92 Å². The van der Waals surface area contributed by atoms with Gasteiger partial charge in [0.25, 0.3) is 0 Å². The molecule has 0 unspecified atom stereocenters. The molecule has 0 fully saturated rings. The van der Waals surface area contributed by atoms with Gasteiger partial charge < -0.3 is 0 Å². The van der Waals surface area contributed by atoms with E-state index >= 15 is 0 Å². The number of thiocarbonyl (C=S) groups is 1. The Labute approximate surface area is 67.5 Å². The fourth-order valence-electron chi connectivity index (χ4n) is 0.226. The summed E-state index contributed by atoms with van der Waals surface area (Å²) < 4.78 is 35.1. The van der Waals surface area contributed by atoms with Crippen molar-refractivity contribution in [3.05, 3.63) is 0 Å². The van der Waals surface area contributed by atoms with Crippen LogP contribution in [0, 0.1) is 0 Å². The monoisotopic (exact) mass is 184 g/mol. The number of hydrogen-bond donors (Lipinski definition) is 1. The molecule has 0 heterocycles. The third kappa shape index (κ3) is 4.72. The molecule has 0 radical (unpaired) electrons. The van der Waals surface area contributed by atoms with Crippen LogP contribution in [0.1, 0.15) is 13.8 Å². The van der Waals surface area contributed by atoms with Gasteiger partial charge in [-0.1, -0.05) is 12.2 Å². The molecule has 0 saturated carbocycles. The van der Waals surface area contributed by atoms with Crippen molar-refractivity contribution in [2.24, 2.45) is 5.10 Å². The number of nitrogens with zero attached hydrogens (tertiary/aromatic N) is 1. The van der Waals surface area contributed by atoms with E-state index in [4.69, 9.17) is 0 Å². The zero-order chi connectivity index (χ0) is 9.07. The Kier molecular flexibility index (Phi) is 3.44. The minimum atomic E-state index is -4.38. The summed E-state index contributed by atoms with van der Waals surface area (Å²) in [4.78, 5) is 0.202. The molecule has 0 aromatic heterocycles. The van der Waals surface area contributed by atoms with Crippen molar-refractivity contribution in [1.29, 1.82) is 0 Å². The quantitative estimate of drug-likeness (QED) is 0.382. The first-order chi connectivity index (χ1) is 4.84. The first kappa shape index (κ1) is 10.3. The fraction of sp³-hybridized carbons (Fsp3) is 0.600. The molecule has 0 spiro atoms. The van der Waals surface area contributed by atoms with Gasteiger partial charge in [-0.3, -0.25) is 5.43 Å². The molecule has 11 heavy (non-hydrogen) atoms. The van der Waals surface area contributed by atoms with Crippen molar-refractivity contribution in [1.82, 2.24) is 5.43 Å². The van der Waals surface area contributed by atoms with E-state index in [2.05, 4.69) is 22.7 Å². The second-order valence-corrected chi connectivity index (χ2v) is 2.48. The molecule has 0 aromatic rings. The number of halogens is 3. The standard InChI is InChI=1S/C5H7F3N2S/c1-3(5(6,7)8)9-10-4(2)11/h1-2H3,(H,10,11)/b9-3-. The smallest absolute Gasteiger partial charge is 0.272 e. The van der Waals surface area contributed by atoms with E-state index in [1.54, 1.807) is 0 Å². The van der Waals surface area contributed by atoms with Crippen LogP contribution in [0.25, 0.3) is 0 Å². The maximum absolute atomic E-state index is 11.7. The number of hydrazone groups is 1. The molecule has 6 heteroatoms. The number of nitrogens with one attached hydrogen (secondary N) is 1. The summed E-state index contributed by atoms with van der Waals surface area (Å²) in [6.45, 7) is 2.31. The van der Waals surface area contributed by atoms with Crippen LogP contribution >= 0.6 is 12.2 Å². The number of rotatable bonds is 1. The highest BCUT2D eigenvalue weighted by Crippen LogP contribution is 2.16. The van der Waals surface area contributed by atoms with E-state index in [1.807, 2.05) is 0 Å². The third-order valence-corrected chi connectivity index (χ3v) is 0.883. The second kappa shape index (κ2) is 3.66. The lowest BCUT2D eigenvalue weighted by Gasteiger charge is -2.04. The predicted octanol–water partition coefficient (Wildman–Crippen LogP) is 1.86. The van der Waals surface area contributed by atoms with Gasteiger partial charge in [0.05, 0.1) is 4.99 Å². The van der Waals surface area contributed by atoms with Gasteiger partial charge in [0, 0.05) is 0 Å². The lowest BCUT2D eigenvalue weighted by Crippen LogP contribution is -2.24. The maximum Gasteiger partial charge on any atom is 0.430 e. The lowest BCUT2D eigenvalue weighted by atomic mass is 10.4. The average Bonchev–Trinajstić information content (AvgIpc) is 1.80. The van der Waals surface area contributed by atoms with Crippen molar-refractivity contribution in [3.63, 3.8) is 0 Å². The predicted molar refractivity (Wildman–Crippen MR) is 40.6 cm³/mol. The number of hydrogen-bond acceptors (Lipinski definition) is 2. The van der Waals surface area contributed by atoms with Gasteiger partial charge in [0.1, 0.15) is 5.71 Å². The molecule has 0 aliphatic heterocycles. The molecule has 0 aromatic carbocycles. The summed E-state index contributed by atoms with van der Waals surface area (Å²) in [7, 11) is 0. The van der Waals surface area contributed by atoms with E-state index in [-0.39, 0.29) is 4.99 Å². The number of alkyl halides is 3. The molecular formula is C5H7F3N2S. The summed E-state index contributed by atoms with van der Waals surface area (Å²) in [6.07, 6.45) is -4.38. The van der Waals surface area contributed by atoms with Crippen molar-refractivity contribution < 1.29 is 13.2 Å². The summed E-state index contributed by atoms with van der Waals surface area (Å²) in [5, 5.41) is 3.00.